The average Bonchev–Trinajstić information content (AvgIpc) is 2.05. The lowest BCUT2D eigenvalue weighted by atomic mass is 10.2. The fourth-order valence-electron chi connectivity index (χ4n) is 0.613. The predicted molar refractivity (Wildman–Crippen MR) is 36.7 cm³/mol. The number of Topliss-reactive ketones (excluding diaryl/α,β-unsaturated/α-hetero) is 1. The summed E-state index contributed by atoms with van der Waals surface area (Å²) in [7, 11) is 0. The van der Waals surface area contributed by atoms with Crippen molar-refractivity contribution < 1.29 is 9.59 Å². The molecule has 4 nitrogen and oxygen atoms in total. The molecule has 1 N–H and O–H groups in total. The number of hydrogen-bond acceptors (Lipinski definition) is 3. The smallest absolute Gasteiger partial charge is 0.281 e. The number of amides is 1. The van der Waals surface area contributed by atoms with Crippen LogP contribution < -0.4 is 5.73 Å². The number of nitrogens with zero attached hydrogens (tertiary/aromatic N) is 1. The topological polar surface area (TPSA) is 70.8 Å². The SMILES string of the molecule is [NH]C(=O)C(=O)c1ccccn1. The van der Waals surface area contributed by atoms with Crippen LogP contribution >= 0.6 is 0 Å². The number of nitrogens with one attached hydrogen (secondary N) is 1. The number of carbonyl (C=O) groups is 2. The standard InChI is InChI=1S/C7H5N2O2/c8-7(11)6(10)5-3-1-2-4-9-5/h1-4,8H. The molecule has 0 aliphatic carbocycles. The molecular formula is C7H5N2O2. The lowest BCUT2D eigenvalue weighted by Crippen LogP contribution is -2.15. The van der Waals surface area contributed by atoms with Crippen LogP contribution in [0.25, 0.3) is 0 Å². The molecule has 0 aliphatic rings. The molecular weight excluding hydrogens is 144 g/mol. The fraction of sp³-hybridized carbons (Fsp3) is 0. The van der Waals surface area contributed by atoms with Gasteiger partial charge in [0.2, 0.25) is 0 Å². The van der Waals surface area contributed by atoms with E-state index in [4.69, 9.17) is 5.73 Å². The normalized spacial score (nSPS) is 9.09. The molecule has 0 unspecified atom stereocenters. The highest BCUT2D eigenvalue weighted by Crippen LogP contribution is 1.93. The van der Waals surface area contributed by atoms with Gasteiger partial charge < -0.3 is 0 Å². The molecule has 0 spiro atoms. The van der Waals surface area contributed by atoms with Crippen molar-refractivity contribution in [3.63, 3.8) is 0 Å². The molecule has 55 valence electrons. The minimum atomic E-state index is -1.23. The second-order valence-electron chi connectivity index (χ2n) is 1.87. The molecule has 0 fully saturated rings. The Morgan fingerprint density at radius 3 is 2.55 bits per heavy atom. The highest BCUT2D eigenvalue weighted by atomic mass is 16.2. The third-order valence-electron chi connectivity index (χ3n) is 1.10. The van der Waals surface area contributed by atoms with E-state index in [0.29, 0.717) is 0 Å². The molecule has 1 heterocycles. The molecule has 0 aromatic carbocycles. The predicted octanol–water partition coefficient (Wildman–Crippen LogP) is 0.0738. The Balaban J connectivity index is 2.95. The third kappa shape index (κ3) is 1.61. The monoisotopic (exact) mass is 149 g/mol. The molecule has 0 aliphatic heterocycles. The van der Waals surface area contributed by atoms with Crippen LogP contribution in [-0.4, -0.2) is 16.7 Å². The summed E-state index contributed by atoms with van der Waals surface area (Å²) in [6, 6.07) is 4.61. The zero-order chi connectivity index (χ0) is 8.27. The molecule has 0 bridgehead atoms. The first-order valence-electron chi connectivity index (χ1n) is 2.93. The molecule has 1 rings (SSSR count). The first-order valence-corrected chi connectivity index (χ1v) is 2.93. The lowest BCUT2D eigenvalue weighted by molar-refractivity contribution is -0.114. The van der Waals surface area contributed by atoms with Crippen LogP contribution in [0.3, 0.4) is 0 Å². The number of carbonyl (C=O) groups excluding carboxylic acids is 2. The van der Waals surface area contributed by atoms with Crippen molar-refractivity contribution in [3.8, 4) is 0 Å². The zero-order valence-electron chi connectivity index (χ0n) is 5.57. The van der Waals surface area contributed by atoms with E-state index < -0.39 is 11.7 Å². The Hall–Kier alpha value is -1.71. The van der Waals surface area contributed by atoms with E-state index in [-0.39, 0.29) is 5.69 Å². The molecule has 1 aromatic rings. The van der Waals surface area contributed by atoms with Gasteiger partial charge in [-0.1, -0.05) is 6.07 Å². The summed E-state index contributed by atoms with van der Waals surface area (Å²) < 4.78 is 0. The van der Waals surface area contributed by atoms with Crippen LogP contribution in [0.15, 0.2) is 24.4 Å². The van der Waals surface area contributed by atoms with Crippen molar-refractivity contribution in [2.24, 2.45) is 0 Å². The van der Waals surface area contributed by atoms with Gasteiger partial charge in [-0.2, -0.15) is 0 Å². The first-order chi connectivity index (χ1) is 5.22. The maximum atomic E-state index is 10.7. The summed E-state index contributed by atoms with van der Waals surface area (Å²) in [6.07, 6.45) is 1.40. The van der Waals surface area contributed by atoms with E-state index in [2.05, 4.69) is 4.98 Å². The minimum absolute atomic E-state index is 0.0208. The van der Waals surface area contributed by atoms with Gasteiger partial charge >= 0.3 is 5.91 Å². The number of hydrogen-bond donors (Lipinski definition) is 0. The summed E-state index contributed by atoms with van der Waals surface area (Å²) in [5.41, 5.74) is 6.51. The molecule has 1 amide bonds. The van der Waals surface area contributed by atoms with Crippen molar-refractivity contribution in [2.45, 2.75) is 0 Å². The van der Waals surface area contributed by atoms with Crippen molar-refractivity contribution in [1.82, 2.24) is 10.7 Å². The van der Waals surface area contributed by atoms with Gasteiger partial charge in [0.1, 0.15) is 5.69 Å². The summed E-state index contributed by atoms with van der Waals surface area (Å²) in [5.74, 6) is -2.10. The number of ketones is 1. The van der Waals surface area contributed by atoms with Crippen LogP contribution in [0.1, 0.15) is 10.5 Å². The molecule has 0 atom stereocenters. The zero-order valence-corrected chi connectivity index (χ0v) is 5.57. The molecule has 11 heavy (non-hydrogen) atoms. The van der Waals surface area contributed by atoms with E-state index in [1.54, 1.807) is 12.1 Å². The Morgan fingerprint density at radius 2 is 2.09 bits per heavy atom. The van der Waals surface area contributed by atoms with Gasteiger partial charge in [-0.15, -0.1) is 0 Å². The van der Waals surface area contributed by atoms with Gasteiger partial charge in [-0.3, -0.25) is 20.3 Å². The van der Waals surface area contributed by atoms with Crippen LogP contribution in [-0.2, 0) is 4.79 Å². The van der Waals surface area contributed by atoms with Crippen molar-refractivity contribution in [2.75, 3.05) is 0 Å². The number of pyridine rings is 1. The Bertz CT molecular complexity index is 282. The third-order valence-corrected chi connectivity index (χ3v) is 1.10. The Morgan fingerprint density at radius 1 is 1.36 bits per heavy atom. The van der Waals surface area contributed by atoms with Gasteiger partial charge in [0.05, 0.1) is 0 Å². The second kappa shape index (κ2) is 2.92. The van der Waals surface area contributed by atoms with Crippen LogP contribution in [0.2, 0.25) is 0 Å². The largest absolute Gasteiger partial charge is 0.312 e. The van der Waals surface area contributed by atoms with E-state index in [9.17, 15) is 9.59 Å². The molecule has 4 heteroatoms. The van der Waals surface area contributed by atoms with E-state index >= 15 is 0 Å². The average molecular weight is 149 g/mol. The Labute approximate surface area is 63.0 Å². The van der Waals surface area contributed by atoms with Gasteiger partial charge in [0.15, 0.2) is 0 Å². The summed E-state index contributed by atoms with van der Waals surface area (Å²) in [5, 5.41) is 0. The highest BCUT2D eigenvalue weighted by Gasteiger charge is 2.12. The maximum absolute atomic E-state index is 10.7. The second-order valence-corrected chi connectivity index (χ2v) is 1.87. The first kappa shape index (κ1) is 7.40. The quantitative estimate of drug-likeness (QED) is 0.441. The number of rotatable bonds is 2. The van der Waals surface area contributed by atoms with Gasteiger partial charge in [-0.05, 0) is 12.1 Å². The van der Waals surface area contributed by atoms with Crippen LogP contribution in [0.5, 0.6) is 0 Å². The fourth-order valence-corrected chi connectivity index (χ4v) is 0.613. The van der Waals surface area contributed by atoms with Gasteiger partial charge in [0, 0.05) is 6.20 Å². The molecule has 1 radical (unpaired) electrons. The van der Waals surface area contributed by atoms with Crippen molar-refractivity contribution >= 4 is 11.7 Å². The van der Waals surface area contributed by atoms with Crippen molar-refractivity contribution in [3.05, 3.63) is 30.1 Å². The maximum Gasteiger partial charge on any atom is 0.312 e. The van der Waals surface area contributed by atoms with E-state index in [0.717, 1.165) is 0 Å². The minimum Gasteiger partial charge on any atom is -0.281 e. The van der Waals surface area contributed by atoms with Crippen LogP contribution in [0.4, 0.5) is 0 Å². The summed E-state index contributed by atoms with van der Waals surface area (Å²) in [6.45, 7) is 0. The molecule has 1 aromatic heterocycles. The molecule has 0 saturated carbocycles. The van der Waals surface area contributed by atoms with Crippen LogP contribution in [0, 0.1) is 0 Å². The van der Waals surface area contributed by atoms with Gasteiger partial charge in [0.25, 0.3) is 5.78 Å². The summed E-state index contributed by atoms with van der Waals surface area (Å²) >= 11 is 0. The van der Waals surface area contributed by atoms with E-state index in [1.807, 2.05) is 0 Å². The summed E-state index contributed by atoms with van der Waals surface area (Å²) in [4.78, 5) is 24.6. The Kier molecular flexibility index (Phi) is 1.96. The van der Waals surface area contributed by atoms with Crippen molar-refractivity contribution in [1.29, 1.82) is 0 Å². The number of aromatic nitrogens is 1. The van der Waals surface area contributed by atoms with E-state index in [1.165, 1.54) is 12.3 Å². The lowest BCUT2D eigenvalue weighted by Gasteiger charge is -1.91. The molecule has 0 saturated heterocycles. The highest BCUT2D eigenvalue weighted by molar-refractivity contribution is 6.41. The van der Waals surface area contributed by atoms with Gasteiger partial charge in [-0.25, -0.2) is 0 Å².